The predicted octanol–water partition coefficient (Wildman–Crippen LogP) is 3.42. The van der Waals surface area contributed by atoms with Gasteiger partial charge in [-0.05, 0) is 18.2 Å². The maximum Gasteiger partial charge on any atom is 0.264 e. The molecule has 10 heteroatoms. The molecule has 0 saturated carbocycles. The van der Waals surface area contributed by atoms with Crippen molar-refractivity contribution in [3.63, 3.8) is 0 Å². The number of benzene rings is 2. The second-order valence-corrected chi connectivity index (χ2v) is 7.15. The molecule has 2 aromatic heterocycles. The summed E-state index contributed by atoms with van der Waals surface area (Å²) in [7, 11) is 1.57. The van der Waals surface area contributed by atoms with Crippen LogP contribution in [0.5, 0.6) is 5.75 Å². The van der Waals surface area contributed by atoms with Gasteiger partial charge in [0.2, 0.25) is 11.0 Å². The number of hydrogen-bond acceptors (Lipinski definition) is 9. The van der Waals surface area contributed by atoms with E-state index in [1.165, 1.54) is 11.3 Å². The first-order valence-corrected chi connectivity index (χ1v) is 9.76. The van der Waals surface area contributed by atoms with E-state index in [4.69, 9.17) is 14.0 Å². The number of rotatable bonds is 8. The topological polar surface area (TPSA) is 112 Å². The van der Waals surface area contributed by atoms with Gasteiger partial charge in [-0.2, -0.15) is 4.98 Å². The van der Waals surface area contributed by atoms with Crippen molar-refractivity contribution in [1.82, 2.24) is 20.3 Å². The van der Waals surface area contributed by atoms with Gasteiger partial charge in [0.15, 0.2) is 6.61 Å². The Bertz CT molecular complexity index is 1130. The molecule has 0 aliphatic rings. The minimum atomic E-state index is -0.343. The molecular formula is C20H17N5O4S. The molecule has 0 radical (unpaired) electrons. The van der Waals surface area contributed by atoms with Gasteiger partial charge in [0.25, 0.3) is 11.8 Å². The molecule has 0 bridgehead atoms. The van der Waals surface area contributed by atoms with Crippen molar-refractivity contribution in [2.24, 2.45) is 0 Å². The highest BCUT2D eigenvalue weighted by atomic mass is 32.1. The van der Waals surface area contributed by atoms with Gasteiger partial charge in [-0.25, -0.2) is 0 Å². The molecule has 2 heterocycles. The molecule has 0 saturated heterocycles. The lowest BCUT2D eigenvalue weighted by atomic mass is 10.2. The van der Waals surface area contributed by atoms with E-state index in [1.807, 2.05) is 36.4 Å². The number of nitrogens with one attached hydrogen (secondary N) is 1. The van der Waals surface area contributed by atoms with Crippen molar-refractivity contribution in [2.75, 3.05) is 19.0 Å². The third-order valence-electron chi connectivity index (χ3n) is 3.89. The van der Waals surface area contributed by atoms with Crippen LogP contribution in [-0.4, -0.2) is 40.0 Å². The number of amides is 1. The molecule has 9 nitrogen and oxygen atoms in total. The Morgan fingerprint density at radius 1 is 1.10 bits per heavy atom. The zero-order chi connectivity index (χ0) is 20.8. The third kappa shape index (κ3) is 4.85. The molecule has 2 aromatic carbocycles. The molecule has 0 fully saturated rings. The molecule has 4 rings (SSSR count). The fourth-order valence-electron chi connectivity index (χ4n) is 2.55. The largest absolute Gasteiger partial charge is 0.484 e. The fourth-order valence-corrected chi connectivity index (χ4v) is 3.28. The number of methoxy groups -OCH3 is 1. The van der Waals surface area contributed by atoms with Crippen LogP contribution in [0.4, 0.5) is 5.13 Å². The Labute approximate surface area is 175 Å². The summed E-state index contributed by atoms with van der Waals surface area (Å²) in [5, 5.41) is 15.5. The van der Waals surface area contributed by atoms with Crippen LogP contribution in [0.3, 0.4) is 0 Å². The van der Waals surface area contributed by atoms with Crippen LogP contribution in [0, 0.1) is 0 Å². The van der Waals surface area contributed by atoms with Gasteiger partial charge in [-0.1, -0.05) is 52.9 Å². The van der Waals surface area contributed by atoms with E-state index in [0.29, 0.717) is 39.8 Å². The van der Waals surface area contributed by atoms with Crippen molar-refractivity contribution in [3.8, 4) is 28.6 Å². The minimum absolute atomic E-state index is 0.179. The number of hydrogen-bond donors (Lipinski definition) is 1. The van der Waals surface area contributed by atoms with Crippen LogP contribution in [0.25, 0.3) is 22.8 Å². The summed E-state index contributed by atoms with van der Waals surface area (Å²) >= 11 is 1.25. The monoisotopic (exact) mass is 423 g/mol. The predicted molar refractivity (Wildman–Crippen MR) is 110 cm³/mol. The normalized spacial score (nSPS) is 10.7. The maximum absolute atomic E-state index is 12.1. The van der Waals surface area contributed by atoms with E-state index in [2.05, 4.69) is 25.7 Å². The molecule has 4 aromatic rings. The minimum Gasteiger partial charge on any atom is -0.484 e. The molecule has 152 valence electrons. The van der Waals surface area contributed by atoms with Crippen LogP contribution in [0.1, 0.15) is 5.01 Å². The van der Waals surface area contributed by atoms with Crippen LogP contribution in [-0.2, 0) is 16.1 Å². The second-order valence-electron chi connectivity index (χ2n) is 6.09. The average molecular weight is 423 g/mol. The quantitative estimate of drug-likeness (QED) is 0.459. The van der Waals surface area contributed by atoms with Gasteiger partial charge in [0, 0.05) is 18.2 Å². The van der Waals surface area contributed by atoms with E-state index < -0.39 is 0 Å². The lowest BCUT2D eigenvalue weighted by molar-refractivity contribution is -0.118. The van der Waals surface area contributed by atoms with E-state index in [-0.39, 0.29) is 12.5 Å². The average Bonchev–Trinajstić information content (AvgIpc) is 3.43. The standard InChI is InChI=1S/C20H17N5O4S/c1-27-12-17-23-24-20(30-17)21-16(26)11-28-15-9-5-8-14(10-15)19-22-18(25-29-19)13-6-3-2-4-7-13/h2-10H,11-12H2,1H3,(H,21,24,26). The molecule has 30 heavy (non-hydrogen) atoms. The number of aromatic nitrogens is 4. The Hall–Kier alpha value is -3.63. The van der Waals surface area contributed by atoms with Gasteiger partial charge in [0.05, 0.1) is 0 Å². The first kappa shape index (κ1) is 19.7. The smallest absolute Gasteiger partial charge is 0.264 e. The van der Waals surface area contributed by atoms with Crippen LogP contribution >= 0.6 is 11.3 Å². The summed E-state index contributed by atoms with van der Waals surface area (Å²) in [6.07, 6.45) is 0. The molecule has 1 amide bonds. The molecule has 0 spiro atoms. The molecule has 0 atom stereocenters. The summed E-state index contributed by atoms with van der Waals surface area (Å²) < 4.78 is 15.9. The van der Waals surface area contributed by atoms with Crippen LogP contribution in [0.15, 0.2) is 59.1 Å². The Morgan fingerprint density at radius 2 is 1.93 bits per heavy atom. The summed E-state index contributed by atoms with van der Waals surface area (Å²) in [6.45, 7) is 0.167. The van der Waals surface area contributed by atoms with Crippen LogP contribution in [0.2, 0.25) is 0 Å². The Balaban J connectivity index is 1.37. The number of carbonyl (C=O) groups is 1. The Morgan fingerprint density at radius 3 is 2.77 bits per heavy atom. The third-order valence-corrected chi connectivity index (χ3v) is 4.70. The molecular weight excluding hydrogens is 406 g/mol. The van der Waals surface area contributed by atoms with Gasteiger partial charge in [-0.15, -0.1) is 10.2 Å². The van der Waals surface area contributed by atoms with Gasteiger partial charge >= 0.3 is 0 Å². The Kier molecular flexibility index (Phi) is 6.06. The van der Waals surface area contributed by atoms with Crippen molar-refractivity contribution in [1.29, 1.82) is 0 Å². The van der Waals surface area contributed by atoms with E-state index in [9.17, 15) is 4.79 Å². The zero-order valence-electron chi connectivity index (χ0n) is 15.9. The highest BCUT2D eigenvalue weighted by molar-refractivity contribution is 7.15. The number of anilines is 1. The molecule has 0 unspecified atom stereocenters. The maximum atomic E-state index is 12.1. The number of ether oxygens (including phenoxy) is 2. The first-order valence-electron chi connectivity index (χ1n) is 8.95. The fraction of sp³-hybridized carbons (Fsp3) is 0.150. The number of nitrogens with zero attached hydrogens (tertiary/aromatic N) is 4. The van der Waals surface area contributed by atoms with E-state index in [1.54, 1.807) is 25.3 Å². The van der Waals surface area contributed by atoms with Crippen LogP contribution < -0.4 is 10.1 Å². The molecule has 0 aliphatic carbocycles. The highest BCUT2D eigenvalue weighted by Crippen LogP contribution is 2.25. The molecule has 0 aliphatic heterocycles. The van der Waals surface area contributed by atoms with Gasteiger partial charge < -0.3 is 14.0 Å². The van der Waals surface area contributed by atoms with E-state index >= 15 is 0 Å². The first-order chi connectivity index (χ1) is 14.7. The number of carbonyl (C=O) groups excluding carboxylic acids is 1. The second kappa shape index (κ2) is 9.25. The van der Waals surface area contributed by atoms with Crippen molar-refractivity contribution in [3.05, 3.63) is 59.6 Å². The lowest BCUT2D eigenvalue weighted by Crippen LogP contribution is -2.20. The van der Waals surface area contributed by atoms with Crippen molar-refractivity contribution >= 4 is 22.4 Å². The van der Waals surface area contributed by atoms with Gasteiger partial charge in [0.1, 0.15) is 17.4 Å². The van der Waals surface area contributed by atoms with Crippen molar-refractivity contribution < 1.29 is 18.8 Å². The summed E-state index contributed by atoms with van der Waals surface area (Å²) in [5.74, 6) is 1.02. The summed E-state index contributed by atoms with van der Waals surface area (Å²) in [6, 6.07) is 16.6. The lowest BCUT2D eigenvalue weighted by Gasteiger charge is -2.06. The SMILES string of the molecule is COCc1nnc(NC(=O)COc2cccc(-c3nc(-c4ccccc4)no3)c2)s1. The van der Waals surface area contributed by atoms with Gasteiger partial charge in [-0.3, -0.25) is 10.1 Å². The highest BCUT2D eigenvalue weighted by Gasteiger charge is 2.12. The van der Waals surface area contributed by atoms with E-state index in [0.717, 1.165) is 5.56 Å². The summed E-state index contributed by atoms with van der Waals surface area (Å²) in [5.41, 5.74) is 1.55. The van der Waals surface area contributed by atoms with Crippen molar-refractivity contribution in [2.45, 2.75) is 6.61 Å². The summed E-state index contributed by atoms with van der Waals surface area (Å²) in [4.78, 5) is 16.5. The zero-order valence-corrected chi connectivity index (χ0v) is 16.8. The molecule has 1 N–H and O–H groups in total.